The fourth-order valence-corrected chi connectivity index (χ4v) is 2.01. The highest BCUT2D eigenvalue weighted by atomic mass is 19.1. The van der Waals surface area contributed by atoms with Crippen LogP contribution in [0.25, 0.3) is 11.1 Å². The van der Waals surface area contributed by atoms with Gasteiger partial charge in [-0.3, -0.25) is 0 Å². The summed E-state index contributed by atoms with van der Waals surface area (Å²) in [4.78, 5) is 22.9. The maximum absolute atomic E-state index is 14.1. The van der Waals surface area contributed by atoms with E-state index < -0.39 is 40.3 Å². The van der Waals surface area contributed by atoms with Gasteiger partial charge in [0.2, 0.25) is 0 Å². The van der Waals surface area contributed by atoms with Crippen molar-refractivity contribution in [3.8, 4) is 11.1 Å². The van der Waals surface area contributed by atoms with Crippen molar-refractivity contribution in [2.75, 3.05) is 7.11 Å². The molecule has 0 spiro atoms. The molecule has 0 bridgehead atoms. The molecule has 0 amide bonds. The molecular weight excluding hydrogens is 282 g/mol. The normalized spacial score (nSPS) is 10.2. The van der Waals surface area contributed by atoms with Crippen LogP contribution in [0.5, 0.6) is 0 Å². The second-order valence-electron chi connectivity index (χ2n) is 4.12. The maximum Gasteiger partial charge on any atom is 0.338 e. The molecule has 0 saturated carbocycles. The number of carboxylic acids is 1. The highest BCUT2D eigenvalue weighted by molar-refractivity contribution is 6.02. The lowest BCUT2D eigenvalue weighted by Crippen LogP contribution is -2.09. The zero-order chi connectivity index (χ0) is 15.6. The molecule has 2 rings (SSSR count). The molecule has 2 aromatic rings. The molecule has 108 valence electrons. The first-order valence-corrected chi connectivity index (χ1v) is 5.86. The van der Waals surface area contributed by atoms with Crippen molar-refractivity contribution >= 4 is 11.9 Å². The van der Waals surface area contributed by atoms with Gasteiger partial charge in [-0.2, -0.15) is 0 Å². The van der Waals surface area contributed by atoms with Gasteiger partial charge in [0.15, 0.2) is 0 Å². The van der Waals surface area contributed by atoms with Crippen LogP contribution in [0.1, 0.15) is 20.7 Å². The lowest BCUT2D eigenvalue weighted by molar-refractivity contribution is 0.0599. The van der Waals surface area contributed by atoms with E-state index in [2.05, 4.69) is 4.74 Å². The minimum Gasteiger partial charge on any atom is -0.478 e. The summed E-state index contributed by atoms with van der Waals surface area (Å²) in [6.45, 7) is 0. The van der Waals surface area contributed by atoms with Crippen LogP contribution >= 0.6 is 0 Å². The number of ether oxygens (including phenoxy) is 1. The van der Waals surface area contributed by atoms with Crippen LogP contribution in [0.15, 0.2) is 36.4 Å². The van der Waals surface area contributed by atoms with Crippen LogP contribution in [0.4, 0.5) is 8.78 Å². The summed E-state index contributed by atoms with van der Waals surface area (Å²) < 4.78 is 32.6. The van der Waals surface area contributed by atoms with Crippen LogP contribution in [0.3, 0.4) is 0 Å². The van der Waals surface area contributed by atoms with E-state index in [1.54, 1.807) is 0 Å². The Morgan fingerprint density at radius 1 is 0.952 bits per heavy atom. The molecule has 0 heterocycles. The lowest BCUT2D eigenvalue weighted by Gasteiger charge is -2.12. The first-order chi connectivity index (χ1) is 9.97. The molecule has 6 heteroatoms. The summed E-state index contributed by atoms with van der Waals surface area (Å²) in [5.74, 6) is -4.16. The molecule has 0 saturated heterocycles. The predicted octanol–water partition coefficient (Wildman–Crippen LogP) is 3.12. The molecule has 0 radical (unpaired) electrons. The molecule has 1 N–H and O–H groups in total. The predicted molar refractivity (Wildman–Crippen MR) is 70.1 cm³/mol. The Balaban J connectivity index is 2.85. The quantitative estimate of drug-likeness (QED) is 0.883. The van der Waals surface area contributed by atoms with Gasteiger partial charge < -0.3 is 9.84 Å². The van der Waals surface area contributed by atoms with Gasteiger partial charge in [0, 0.05) is 11.1 Å². The third kappa shape index (κ3) is 2.60. The van der Waals surface area contributed by atoms with Crippen LogP contribution in [-0.2, 0) is 4.74 Å². The van der Waals surface area contributed by atoms with Crippen molar-refractivity contribution in [2.45, 2.75) is 0 Å². The van der Waals surface area contributed by atoms with Crippen molar-refractivity contribution in [1.82, 2.24) is 0 Å². The number of hydrogen-bond acceptors (Lipinski definition) is 3. The second-order valence-corrected chi connectivity index (χ2v) is 4.12. The topological polar surface area (TPSA) is 63.6 Å². The molecule has 0 fully saturated rings. The number of carboxylic acid groups (broad SMARTS) is 1. The van der Waals surface area contributed by atoms with E-state index in [1.807, 2.05) is 0 Å². The smallest absolute Gasteiger partial charge is 0.338 e. The number of rotatable bonds is 3. The highest BCUT2D eigenvalue weighted by Gasteiger charge is 2.24. The van der Waals surface area contributed by atoms with E-state index in [1.165, 1.54) is 18.2 Å². The largest absolute Gasteiger partial charge is 0.478 e. The highest BCUT2D eigenvalue weighted by Crippen LogP contribution is 2.32. The Morgan fingerprint density at radius 2 is 1.43 bits per heavy atom. The van der Waals surface area contributed by atoms with Crippen molar-refractivity contribution in [3.63, 3.8) is 0 Å². The molecule has 21 heavy (non-hydrogen) atoms. The van der Waals surface area contributed by atoms with E-state index in [4.69, 9.17) is 5.11 Å². The van der Waals surface area contributed by atoms with Crippen molar-refractivity contribution in [3.05, 3.63) is 59.2 Å². The summed E-state index contributed by atoms with van der Waals surface area (Å²) in [5.41, 5.74) is -1.60. The molecule has 2 aromatic carbocycles. The Bertz CT molecular complexity index is 726. The average molecular weight is 292 g/mol. The number of hydrogen-bond donors (Lipinski definition) is 1. The number of esters is 1. The maximum atomic E-state index is 14.1. The zero-order valence-electron chi connectivity index (χ0n) is 10.9. The van der Waals surface area contributed by atoms with Crippen LogP contribution in [-0.4, -0.2) is 24.2 Å². The van der Waals surface area contributed by atoms with Gasteiger partial charge in [0.05, 0.1) is 18.2 Å². The fraction of sp³-hybridized carbons (Fsp3) is 0.0667. The van der Waals surface area contributed by atoms with E-state index >= 15 is 0 Å². The number of carbonyl (C=O) groups is 2. The molecule has 0 aliphatic rings. The van der Waals surface area contributed by atoms with Crippen LogP contribution in [0.2, 0.25) is 0 Å². The second kappa shape index (κ2) is 5.70. The molecule has 4 nitrogen and oxygen atoms in total. The summed E-state index contributed by atoms with van der Waals surface area (Å²) in [6, 6.07) is 6.83. The SMILES string of the molecule is COC(=O)c1cccc(F)c1-c1c(F)cccc1C(=O)O. The molecule has 0 unspecified atom stereocenters. The summed E-state index contributed by atoms with van der Waals surface area (Å²) in [5, 5.41) is 9.12. The van der Waals surface area contributed by atoms with E-state index in [9.17, 15) is 18.4 Å². The third-order valence-corrected chi connectivity index (χ3v) is 2.91. The summed E-state index contributed by atoms with van der Waals surface area (Å²) in [6.07, 6.45) is 0. The first-order valence-electron chi connectivity index (χ1n) is 5.86. The third-order valence-electron chi connectivity index (χ3n) is 2.91. The Kier molecular flexibility index (Phi) is 3.98. The minimum absolute atomic E-state index is 0.245. The summed E-state index contributed by atoms with van der Waals surface area (Å²) in [7, 11) is 1.09. The van der Waals surface area contributed by atoms with Gasteiger partial charge in [-0.1, -0.05) is 12.1 Å². The van der Waals surface area contributed by atoms with Gasteiger partial charge in [-0.15, -0.1) is 0 Å². The molecule has 0 aliphatic heterocycles. The number of halogens is 2. The van der Waals surface area contributed by atoms with Crippen LogP contribution in [0, 0.1) is 11.6 Å². The molecule has 0 atom stereocenters. The molecular formula is C15H10F2O4. The van der Waals surface area contributed by atoms with Gasteiger partial charge in [0.1, 0.15) is 11.6 Å². The van der Waals surface area contributed by atoms with Crippen molar-refractivity contribution in [2.24, 2.45) is 0 Å². The van der Waals surface area contributed by atoms with Gasteiger partial charge in [-0.05, 0) is 24.3 Å². The monoisotopic (exact) mass is 292 g/mol. The first kappa shape index (κ1) is 14.6. The van der Waals surface area contributed by atoms with Crippen molar-refractivity contribution < 1.29 is 28.2 Å². The summed E-state index contributed by atoms with van der Waals surface area (Å²) >= 11 is 0. The Morgan fingerprint density at radius 3 is 1.90 bits per heavy atom. The number of carbonyl (C=O) groups excluding carboxylic acids is 1. The standard InChI is InChI=1S/C15H10F2O4/c1-21-15(20)9-5-3-7-11(17)13(9)12-8(14(18)19)4-2-6-10(12)16/h2-7H,1H3,(H,18,19). The van der Waals surface area contributed by atoms with Gasteiger partial charge >= 0.3 is 11.9 Å². The minimum atomic E-state index is -1.43. The van der Waals surface area contributed by atoms with E-state index in [-0.39, 0.29) is 5.56 Å². The number of methoxy groups -OCH3 is 1. The van der Waals surface area contributed by atoms with E-state index in [0.29, 0.717) is 0 Å². The zero-order valence-corrected chi connectivity index (χ0v) is 10.9. The van der Waals surface area contributed by atoms with E-state index in [0.717, 1.165) is 25.3 Å². The number of benzene rings is 2. The number of aromatic carboxylic acids is 1. The Labute approximate surface area is 118 Å². The van der Waals surface area contributed by atoms with Crippen LogP contribution < -0.4 is 0 Å². The van der Waals surface area contributed by atoms with Crippen molar-refractivity contribution in [1.29, 1.82) is 0 Å². The fourth-order valence-electron chi connectivity index (χ4n) is 2.01. The molecule has 0 aromatic heterocycles. The lowest BCUT2D eigenvalue weighted by atomic mass is 9.94. The van der Waals surface area contributed by atoms with Gasteiger partial charge in [-0.25, -0.2) is 18.4 Å². The van der Waals surface area contributed by atoms with Gasteiger partial charge in [0.25, 0.3) is 0 Å². The Hall–Kier alpha value is -2.76. The average Bonchev–Trinajstić information content (AvgIpc) is 2.46. The molecule has 0 aliphatic carbocycles.